The van der Waals surface area contributed by atoms with Crippen molar-refractivity contribution in [3.8, 4) is 5.75 Å². The van der Waals surface area contributed by atoms with Gasteiger partial charge < -0.3 is 10.1 Å². The lowest BCUT2D eigenvalue weighted by atomic mass is 9.95. The van der Waals surface area contributed by atoms with Crippen LogP contribution in [0.2, 0.25) is 0 Å². The molecule has 2 aromatic rings. The van der Waals surface area contributed by atoms with E-state index in [4.69, 9.17) is 4.74 Å². The van der Waals surface area contributed by atoms with Crippen LogP contribution in [0.25, 0.3) is 10.8 Å². The predicted molar refractivity (Wildman–Crippen MR) is 86.4 cm³/mol. The summed E-state index contributed by atoms with van der Waals surface area (Å²) >= 11 is 0. The molecule has 0 aromatic heterocycles. The van der Waals surface area contributed by atoms with Gasteiger partial charge in [0, 0.05) is 11.4 Å². The Hall–Kier alpha value is -1.54. The minimum absolute atomic E-state index is 0.427. The molecule has 20 heavy (non-hydrogen) atoms. The first-order chi connectivity index (χ1) is 9.81. The predicted octanol–water partition coefficient (Wildman–Crippen LogP) is 4.69. The number of methoxy groups -OCH3 is 1. The molecule has 0 fully saturated rings. The maximum Gasteiger partial charge on any atom is 0.126 e. The summed E-state index contributed by atoms with van der Waals surface area (Å²) in [4.78, 5) is 0. The number of nitrogens with one attached hydrogen (secondary N) is 1. The minimum Gasteiger partial charge on any atom is -0.496 e. The van der Waals surface area contributed by atoms with Crippen molar-refractivity contribution in [1.29, 1.82) is 0 Å². The largest absolute Gasteiger partial charge is 0.496 e. The molecule has 108 valence electrons. The van der Waals surface area contributed by atoms with Crippen molar-refractivity contribution in [1.82, 2.24) is 5.32 Å². The molecule has 0 radical (unpaired) electrons. The Labute approximate surface area is 122 Å². The second kappa shape index (κ2) is 7.30. The van der Waals surface area contributed by atoms with Crippen molar-refractivity contribution in [3.05, 3.63) is 42.0 Å². The summed E-state index contributed by atoms with van der Waals surface area (Å²) in [5.41, 5.74) is 1.39. The van der Waals surface area contributed by atoms with Gasteiger partial charge in [-0.25, -0.2) is 0 Å². The summed E-state index contributed by atoms with van der Waals surface area (Å²) in [5.74, 6) is 0.954. The topological polar surface area (TPSA) is 21.3 Å². The van der Waals surface area contributed by atoms with Gasteiger partial charge >= 0.3 is 0 Å². The molecule has 1 unspecified atom stereocenters. The van der Waals surface area contributed by atoms with Gasteiger partial charge in [0.1, 0.15) is 5.75 Å². The zero-order valence-electron chi connectivity index (χ0n) is 12.8. The van der Waals surface area contributed by atoms with E-state index in [1.807, 2.05) is 0 Å². The Bertz CT molecular complexity index is 550. The summed E-state index contributed by atoms with van der Waals surface area (Å²) in [6, 6.07) is 13.2. The number of unbranched alkanes of at least 4 members (excludes halogenated alkanes) is 1. The standard InChI is InChI=1S/C18H25NO/c1-4-6-11-17(19-5-2)15-12-13-18(20-3)16-10-8-7-9-14(15)16/h7-10,12-13,17,19H,4-6,11H2,1-3H3. The van der Waals surface area contributed by atoms with E-state index in [2.05, 4.69) is 55.6 Å². The van der Waals surface area contributed by atoms with E-state index >= 15 is 0 Å². The molecule has 0 aliphatic rings. The van der Waals surface area contributed by atoms with Crippen molar-refractivity contribution in [2.45, 2.75) is 39.2 Å². The van der Waals surface area contributed by atoms with Gasteiger partial charge in [0.15, 0.2) is 0 Å². The fraction of sp³-hybridized carbons (Fsp3) is 0.444. The van der Waals surface area contributed by atoms with E-state index in [0.717, 1.165) is 12.3 Å². The van der Waals surface area contributed by atoms with E-state index < -0.39 is 0 Å². The maximum atomic E-state index is 5.48. The third kappa shape index (κ3) is 3.13. The fourth-order valence-corrected chi connectivity index (χ4v) is 2.80. The summed E-state index contributed by atoms with van der Waals surface area (Å²) in [6.07, 6.45) is 3.66. The Morgan fingerprint density at radius 2 is 1.80 bits per heavy atom. The second-order valence-electron chi connectivity index (χ2n) is 5.16. The quantitative estimate of drug-likeness (QED) is 0.789. The van der Waals surface area contributed by atoms with Crippen LogP contribution in [0.3, 0.4) is 0 Å². The average molecular weight is 271 g/mol. The normalized spacial score (nSPS) is 12.6. The third-order valence-electron chi connectivity index (χ3n) is 3.81. The van der Waals surface area contributed by atoms with Gasteiger partial charge in [-0.1, -0.05) is 57.0 Å². The Balaban J connectivity index is 2.46. The van der Waals surface area contributed by atoms with Crippen LogP contribution in [0.1, 0.15) is 44.7 Å². The Morgan fingerprint density at radius 1 is 1.05 bits per heavy atom. The van der Waals surface area contributed by atoms with E-state index in [9.17, 15) is 0 Å². The summed E-state index contributed by atoms with van der Waals surface area (Å²) < 4.78 is 5.48. The summed E-state index contributed by atoms with van der Waals surface area (Å²) in [7, 11) is 1.74. The third-order valence-corrected chi connectivity index (χ3v) is 3.81. The molecule has 0 aliphatic heterocycles. The van der Waals surface area contributed by atoms with Crippen LogP contribution < -0.4 is 10.1 Å². The fourth-order valence-electron chi connectivity index (χ4n) is 2.80. The molecular formula is C18H25NO. The van der Waals surface area contributed by atoms with Crippen LogP contribution in [0.4, 0.5) is 0 Å². The first-order valence-electron chi connectivity index (χ1n) is 7.60. The van der Waals surface area contributed by atoms with Gasteiger partial charge in [0.2, 0.25) is 0 Å². The highest BCUT2D eigenvalue weighted by atomic mass is 16.5. The highest BCUT2D eigenvalue weighted by Gasteiger charge is 2.14. The molecule has 0 saturated carbocycles. The highest BCUT2D eigenvalue weighted by Crippen LogP contribution is 2.33. The smallest absolute Gasteiger partial charge is 0.126 e. The van der Waals surface area contributed by atoms with Crippen LogP contribution in [0, 0.1) is 0 Å². The first-order valence-corrected chi connectivity index (χ1v) is 7.60. The Morgan fingerprint density at radius 3 is 2.45 bits per heavy atom. The summed E-state index contributed by atoms with van der Waals surface area (Å²) in [5, 5.41) is 6.12. The lowest BCUT2D eigenvalue weighted by Crippen LogP contribution is -2.21. The Kier molecular flexibility index (Phi) is 5.42. The average Bonchev–Trinajstić information content (AvgIpc) is 2.50. The number of ether oxygens (including phenoxy) is 1. The lowest BCUT2D eigenvalue weighted by molar-refractivity contribution is 0.419. The van der Waals surface area contributed by atoms with Crippen molar-refractivity contribution in [3.63, 3.8) is 0 Å². The van der Waals surface area contributed by atoms with Crippen molar-refractivity contribution in [2.24, 2.45) is 0 Å². The van der Waals surface area contributed by atoms with E-state index in [1.54, 1.807) is 7.11 Å². The molecule has 0 spiro atoms. The van der Waals surface area contributed by atoms with Crippen LogP contribution in [-0.4, -0.2) is 13.7 Å². The molecule has 0 heterocycles. The molecule has 0 saturated heterocycles. The number of fused-ring (bicyclic) bond motifs is 1. The molecule has 0 amide bonds. The molecular weight excluding hydrogens is 246 g/mol. The van der Waals surface area contributed by atoms with Crippen molar-refractivity contribution in [2.75, 3.05) is 13.7 Å². The molecule has 0 bridgehead atoms. The van der Waals surface area contributed by atoms with Crippen molar-refractivity contribution < 1.29 is 4.74 Å². The zero-order chi connectivity index (χ0) is 14.4. The first kappa shape index (κ1) is 14.9. The maximum absolute atomic E-state index is 5.48. The molecule has 1 atom stereocenters. The van der Waals surface area contributed by atoms with Gasteiger partial charge in [-0.3, -0.25) is 0 Å². The van der Waals surface area contributed by atoms with Crippen LogP contribution in [0.5, 0.6) is 5.75 Å². The highest BCUT2D eigenvalue weighted by molar-refractivity contribution is 5.91. The van der Waals surface area contributed by atoms with E-state index in [0.29, 0.717) is 6.04 Å². The molecule has 2 nitrogen and oxygen atoms in total. The van der Waals surface area contributed by atoms with Gasteiger partial charge in [-0.15, -0.1) is 0 Å². The summed E-state index contributed by atoms with van der Waals surface area (Å²) in [6.45, 7) is 5.41. The zero-order valence-corrected chi connectivity index (χ0v) is 12.8. The van der Waals surface area contributed by atoms with Crippen LogP contribution >= 0.6 is 0 Å². The van der Waals surface area contributed by atoms with Crippen LogP contribution in [-0.2, 0) is 0 Å². The molecule has 2 aromatic carbocycles. The molecule has 2 rings (SSSR count). The number of rotatable bonds is 7. The monoisotopic (exact) mass is 271 g/mol. The number of hydrogen-bond donors (Lipinski definition) is 1. The van der Waals surface area contributed by atoms with Crippen LogP contribution in [0.15, 0.2) is 36.4 Å². The van der Waals surface area contributed by atoms with Gasteiger partial charge in [-0.05, 0) is 30.0 Å². The lowest BCUT2D eigenvalue weighted by Gasteiger charge is -2.21. The minimum atomic E-state index is 0.427. The SMILES string of the molecule is CCCCC(NCC)c1ccc(OC)c2ccccc12. The molecule has 2 heteroatoms. The van der Waals surface area contributed by atoms with Crippen molar-refractivity contribution >= 4 is 10.8 Å². The molecule has 0 aliphatic carbocycles. The van der Waals surface area contributed by atoms with E-state index in [1.165, 1.54) is 35.6 Å². The van der Waals surface area contributed by atoms with Gasteiger partial charge in [0.05, 0.1) is 7.11 Å². The number of hydrogen-bond acceptors (Lipinski definition) is 2. The number of benzene rings is 2. The van der Waals surface area contributed by atoms with Gasteiger partial charge in [0.25, 0.3) is 0 Å². The second-order valence-corrected chi connectivity index (χ2v) is 5.16. The van der Waals surface area contributed by atoms with E-state index in [-0.39, 0.29) is 0 Å². The van der Waals surface area contributed by atoms with Gasteiger partial charge in [-0.2, -0.15) is 0 Å². The molecule has 1 N–H and O–H groups in total.